The number of carbonyl (C=O) groups is 1. The van der Waals surface area contributed by atoms with Crippen LogP contribution in [0.1, 0.15) is 35.3 Å². The van der Waals surface area contributed by atoms with E-state index in [2.05, 4.69) is 32.4 Å². The SMILES string of the molecule is NC(=O)c1n[nH]nc1-c1ccc(CN2CCCCC2)cc1. The van der Waals surface area contributed by atoms with Gasteiger partial charge in [-0.1, -0.05) is 30.7 Å². The Morgan fingerprint density at radius 2 is 1.86 bits per heavy atom. The number of primary amides is 1. The van der Waals surface area contributed by atoms with E-state index in [-0.39, 0.29) is 5.69 Å². The summed E-state index contributed by atoms with van der Waals surface area (Å²) in [6.07, 6.45) is 3.93. The number of hydrogen-bond acceptors (Lipinski definition) is 4. The molecule has 3 N–H and O–H groups in total. The summed E-state index contributed by atoms with van der Waals surface area (Å²) in [6.45, 7) is 3.33. The molecule has 1 aliphatic rings. The lowest BCUT2D eigenvalue weighted by Crippen LogP contribution is -2.29. The number of H-pyrrole nitrogens is 1. The number of hydrogen-bond donors (Lipinski definition) is 2. The van der Waals surface area contributed by atoms with Gasteiger partial charge >= 0.3 is 0 Å². The second kappa shape index (κ2) is 6.05. The quantitative estimate of drug-likeness (QED) is 0.892. The van der Waals surface area contributed by atoms with Gasteiger partial charge in [-0.05, 0) is 31.5 Å². The molecule has 3 rings (SSSR count). The molecule has 1 aromatic heterocycles. The molecule has 0 radical (unpaired) electrons. The van der Waals surface area contributed by atoms with Crippen LogP contribution in [0.5, 0.6) is 0 Å². The van der Waals surface area contributed by atoms with Crippen LogP contribution < -0.4 is 5.73 Å². The first kappa shape index (κ1) is 13.8. The summed E-state index contributed by atoms with van der Waals surface area (Å²) in [5.74, 6) is -0.573. The molecule has 21 heavy (non-hydrogen) atoms. The Bertz CT molecular complexity index is 613. The van der Waals surface area contributed by atoms with Crippen LogP contribution in [0.15, 0.2) is 24.3 Å². The lowest BCUT2D eigenvalue weighted by atomic mass is 10.1. The molecule has 0 saturated carbocycles. The molecule has 6 nitrogen and oxygen atoms in total. The second-order valence-corrected chi connectivity index (χ2v) is 5.42. The minimum absolute atomic E-state index is 0.179. The van der Waals surface area contributed by atoms with Gasteiger partial charge < -0.3 is 5.73 Å². The highest BCUT2D eigenvalue weighted by molar-refractivity contribution is 5.96. The van der Waals surface area contributed by atoms with Gasteiger partial charge in [0.05, 0.1) is 0 Å². The lowest BCUT2D eigenvalue weighted by molar-refractivity contribution is 0.0996. The molecule has 0 aliphatic carbocycles. The molecule has 6 heteroatoms. The van der Waals surface area contributed by atoms with E-state index in [0.717, 1.165) is 12.1 Å². The topological polar surface area (TPSA) is 87.9 Å². The van der Waals surface area contributed by atoms with Crippen LogP contribution in [-0.4, -0.2) is 39.3 Å². The Morgan fingerprint density at radius 1 is 1.14 bits per heavy atom. The van der Waals surface area contributed by atoms with Crippen LogP contribution in [0.4, 0.5) is 0 Å². The smallest absolute Gasteiger partial charge is 0.271 e. The summed E-state index contributed by atoms with van der Waals surface area (Å²) in [7, 11) is 0. The van der Waals surface area contributed by atoms with E-state index in [1.165, 1.54) is 37.9 Å². The highest BCUT2D eigenvalue weighted by Gasteiger charge is 2.15. The fraction of sp³-hybridized carbons (Fsp3) is 0.400. The molecule has 110 valence electrons. The summed E-state index contributed by atoms with van der Waals surface area (Å²) in [5, 5.41) is 10.2. The number of carbonyl (C=O) groups excluding carboxylic acids is 1. The summed E-state index contributed by atoms with van der Waals surface area (Å²) in [5.41, 5.74) is 8.08. The van der Waals surface area contributed by atoms with Crippen molar-refractivity contribution in [1.29, 1.82) is 0 Å². The van der Waals surface area contributed by atoms with E-state index in [9.17, 15) is 4.79 Å². The monoisotopic (exact) mass is 285 g/mol. The largest absolute Gasteiger partial charge is 0.364 e. The Labute approximate surface area is 123 Å². The van der Waals surface area contributed by atoms with Gasteiger partial charge in [-0.25, -0.2) is 0 Å². The van der Waals surface area contributed by atoms with Crippen LogP contribution in [0.3, 0.4) is 0 Å². The van der Waals surface area contributed by atoms with E-state index in [1.54, 1.807) is 0 Å². The first-order valence-corrected chi connectivity index (χ1v) is 7.26. The minimum Gasteiger partial charge on any atom is -0.364 e. The fourth-order valence-corrected chi connectivity index (χ4v) is 2.75. The molecular weight excluding hydrogens is 266 g/mol. The summed E-state index contributed by atoms with van der Waals surface area (Å²) >= 11 is 0. The number of nitrogens with zero attached hydrogens (tertiary/aromatic N) is 3. The van der Waals surface area contributed by atoms with E-state index in [4.69, 9.17) is 5.73 Å². The van der Waals surface area contributed by atoms with Crippen molar-refractivity contribution in [1.82, 2.24) is 20.3 Å². The standard InChI is InChI=1S/C15H19N5O/c16-15(21)14-13(17-19-18-14)12-6-4-11(5-7-12)10-20-8-2-1-3-9-20/h4-7H,1-3,8-10H2,(H2,16,21)(H,17,18,19). The van der Waals surface area contributed by atoms with Gasteiger partial charge in [0.15, 0.2) is 5.69 Å². The number of benzene rings is 1. The normalized spacial score (nSPS) is 16.0. The molecule has 1 saturated heterocycles. The van der Waals surface area contributed by atoms with Crippen molar-refractivity contribution in [2.45, 2.75) is 25.8 Å². The van der Waals surface area contributed by atoms with Gasteiger partial charge in [0.1, 0.15) is 5.69 Å². The molecule has 1 amide bonds. The van der Waals surface area contributed by atoms with E-state index in [1.807, 2.05) is 12.1 Å². The molecule has 0 bridgehead atoms. The maximum absolute atomic E-state index is 11.3. The molecule has 0 unspecified atom stereocenters. The third-order valence-electron chi connectivity index (χ3n) is 3.86. The van der Waals surface area contributed by atoms with Gasteiger partial charge in [0, 0.05) is 12.1 Å². The van der Waals surface area contributed by atoms with Crippen molar-refractivity contribution < 1.29 is 4.79 Å². The van der Waals surface area contributed by atoms with E-state index >= 15 is 0 Å². The lowest BCUT2D eigenvalue weighted by Gasteiger charge is -2.26. The Kier molecular flexibility index (Phi) is 3.96. The predicted molar refractivity (Wildman–Crippen MR) is 79.5 cm³/mol. The zero-order chi connectivity index (χ0) is 14.7. The Hall–Kier alpha value is -2.21. The molecule has 2 heterocycles. The highest BCUT2D eigenvalue weighted by atomic mass is 16.1. The van der Waals surface area contributed by atoms with Crippen LogP contribution >= 0.6 is 0 Å². The van der Waals surface area contributed by atoms with E-state index < -0.39 is 5.91 Å². The third kappa shape index (κ3) is 3.11. The summed E-state index contributed by atoms with van der Waals surface area (Å²) in [6, 6.07) is 8.07. The first-order chi connectivity index (χ1) is 10.2. The van der Waals surface area contributed by atoms with Crippen LogP contribution in [0.2, 0.25) is 0 Å². The fourth-order valence-electron chi connectivity index (χ4n) is 2.75. The first-order valence-electron chi connectivity index (χ1n) is 7.26. The number of amides is 1. The second-order valence-electron chi connectivity index (χ2n) is 5.42. The number of nitrogens with one attached hydrogen (secondary N) is 1. The summed E-state index contributed by atoms with van der Waals surface area (Å²) < 4.78 is 0. The number of nitrogens with two attached hydrogens (primary N) is 1. The molecule has 0 atom stereocenters. The Morgan fingerprint density at radius 3 is 2.52 bits per heavy atom. The average Bonchev–Trinajstić information content (AvgIpc) is 2.99. The van der Waals surface area contributed by atoms with Gasteiger partial charge in [-0.3, -0.25) is 9.69 Å². The molecule has 1 aliphatic heterocycles. The molecular formula is C15H19N5O. The zero-order valence-corrected chi connectivity index (χ0v) is 11.9. The number of aromatic nitrogens is 3. The van der Waals surface area contributed by atoms with Gasteiger partial charge in [0.25, 0.3) is 5.91 Å². The number of rotatable bonds is 4. The van der Waals surface area contributed by atoms with Crippen molar-refractivity contribution in [3.63, 3.8) is 0 Å². The van der Waals surface area contributed by atoms with Crippen molar-refractivity contribution >= 4 is 5.91 Å². The van der Waals surface area contributed by atoms with Crippen LogP contribution in [0.25, 0.3) is 11.3 Å². The maximum atomic E-state index is 11.3. The minimum atomic E-state index is -0.573. The molecule has 0 spiro atoms. The number of likely N-dealkylation sites (tertiary alicyclic amines) is 1. The third-order valence-corrected chi connectivity index (χ3v) is 3.86. The number of aromatic amines is 1. The highest BCUT2D eigenvalue weighted by Crippen LogP contribution is 2.21. The molecule has 2 aromatic rings. The van der Waals surface area contributed by atoms with Crippen molar-refractivity contribution in [2.24, 2.45) is 5.73 Å². The Balaban J connectivity index is 1.74. The van der Waals surface area contributed by atoms with Gasteiger partial charge in [-0.15, -0.1) is 0 Å². The average molecular weight is 285 g/mol. The van der Waals surface area contributed by atoms with Crippen LogP contribution in [0, 0.1) is 0 Å². The zero-order valence-electron chi connectivity index (χ0n) is 11.9. The van der Waals surface area contributed by atoms with Crippen molar-refractivity contribution in [3.8, 4) is 11.3 Å². The van der Waals surface area contributed by atoms with E-state index in [0.29, 0.717) is 5.69 Å². The van der Waals surface area contributed by atoms with Crippen molar-refractivity contribution in [2.75, 3.05) is 13.1 Å². The van der Waals surface area contributed by atoms with Crippen LogP contribution in [-0.2, 0) is 6.54 Å². The van der Waals surface area contributed by atoms with Gasteiger partial charge in [0.2, 0.25) is 0 Å². The molecule has 1 fully saturated rings. The predicted octanol–water partition coefficient (Wildman–Crippen LogP) is 1.56. The number of piperidine rings is 1. The summed E-state index contributed by atoms with van der Waals surface area (Å²) in [4.78, 5) is 13.8. The maximum Gasteiger partial charge on any atom is 0.271 e. The molecule has 1 aromatic carbocycles. The van der Waals surface area contributed by atoms with Gasteiger partial charge in [-0.2, -0.15) is 15.4 Å². The van der Waals surface area contributed by atoms with Crippen molar-refractivity contribution in [3.05, 3.63) is 35.5 Å².